The van der Waals surface area contributed by atoms with E-state index in [9.17, 15) is 14.7 Å². The normalized spacial score (nSPS) is 29.0. The summed E-state index contributed by atoms with van der Waals surface area (Å²) in [5.74, 6) is 0.147. The van der Waals surface area contributed by atoms with Crippen molar-refractivity contribution in [2.24, 2.45) is 11.8 Å². The van der Waals surface area contributed by atoms with Crippen molar-refractivity contribution in [2.45, 2.75) is 38.2 Å². The molecule has 6 heteroatoms. The van der Waals surface area contributed by atoms with E-state index in [-0.39, 0.29) is 22.9 Å². The number of aromatic nitrogens is 2. The summed E-state index contributed by atoms with van der Waals surface area (Å²) in [4.78, 5) is 31.6. The highest BCUT2D eigenvalue weighted by Gasteiger charge is 2.48. The number of pyridine rings is 1. The molecule has 25 heavy (non-hydrogen) atoms. The quantitative estimate of drug-likeness (QED) is 0.902. The molecular weight excluding hydrogens is 318 g/mol. The SMILES string of the molecule is CC[C@]1(O)CCC[C@H]2CN(C(=O)c3cnc4ccccn4c3=O)C[C@H]21. The van der Waals surface area contributed by atoms with Crippen LogP contribution in [-0.2, 0) is 0 Å². The van der Waals surface area contributed by atoms with Crippen LogP contribution in [0.4, 0.5) is 0 Å². The fraction of sp³-hybridized carbons (Fsp3) is 0.526. The molecule has 1 aliphatic heterocycles. The summed E-state index contributed by atoms with van der Waals surface area (Å²) >= 11 is 0. The van der Waals surface area contributed by atoms with Crippen LogP contribution in [0.2, 0.25) is 0 Å². The molecule has 2 fully saturated rings. The standard InChI is InChI=1S/C19H23N3O3/c1-2-19(25)8-5-6-13-11-21(12-15(13)19)17(23)14-10-20-16-7-3-4-9-22(16)18(14)24/h3-4,7,9-10,13,15,25H,2,5-6,8,11-12H2,1H3/t13-,15+,19-/m0/s1. The molecule has 4 rings (SSSR count). The molecular formula is C19H23N3O3. The number of carbonyl (C=O) groups excluding carboxylic acids is 1. The third-order valence-corrected chi connectivity index (χ3v) is 6.06. The number of likely N-dealkylation sites (tertiary alicyclic amines) is 1. The summed E-state index contributed by atoms with van der Waals surface area (Å²) in [6, 6.07) is 5.29. The zero-order valence-electron chi connectivity index (χ0n) is 14.4. The number of carbonyl (C=O) groups is 1. The molecule has 0 aromatic carbocycles. The maximum absolute atomic E-state index is 12.9. The van der Waals surface area contributed by atoms with Gasteiger partial charge in [-0.15, -0.1) is 0 Å². The molecule has 2 aromatic rings. The second kappa shape index (κ2) is 5.95. The second-order valence-electron chi connectivity index (χ2n) is 7.33. The molecule has 2 aromatic heterocycles. The molecule has 0 radical (unpaired) electrons. The third-order valence-electron chi connectivity index (χ3n) is 6.06. The van der Waals surface area contributed by atoms with E-state index in [0.29, 0.717) is 31.1 Å². The number of rotatable bonds is 2. The first kappa shape index (κ1) is 16.3. The molecule has 1 saturated carbocycles. The van der Waals surface area contributed by atoms with Gasteiger partial charge in [-0.3, -0.25) is 14.0 Å². The maximum Gasteiger partial charge on any atom is 0.270 e. The summed E-state index contributed by atoms with van der Waals surface area (Å²) in [5, 5.41) is 10.9. The Labute approximate surface area is 146 Å². The molecule has 1 aliphatic carbocycles. The van der Waals surface area contributed by atoms with Gasteiger partial charge in [-0.1, -0.05) is 19.4 Å². The Kier molecular flexibility index (Phi) is 3.87. The van der Waals surface area contributed by atoms with Crippen molar-refractivity contribution in [3.05, 3.63) is 46.5 Å². The van der Waals surface area contributed by atoms with Gasteiger partial charge in [0.1, 0.15) is 11.2 Å². The number of nitrogens with zero attached hydrogens (tertiary/aromatic N) is 3. The zero-order chi connectivity index (χ0) is 17.6. The van der Waals surface area contributed by atoms with E-state index in [1.54, 1.807) is 29.3 Å². The molecule has 1 amide bonds. The summed E-state index contributed by atoms with van der Waals surface area (Å²) in [7, 11) is 0. The van der Waals surface area contributed by atoms with Crippen molar-refractivity contribution in [3.63, 3.8) is 0 Å². The minimum atomic E-state index is -0.686. The number of aliphatic hydroxyl groups is 1. The molecule has 3 atom stereocenters. The fourth-order valence-corrected chi connectivity index (χ4v) is 4.58. The molecule has 3 heterocycles. The Morgan fingerprint density at radius 3 is 3.04 bits per heavy atom. The van der Waals surface area contributed by atoms with Crippen molar-refractivity contribution in [3.8, 4) is 0 Å². The van der Waals surface area contributed by atoms with Crippen LogP contribution in [0.15, 0.2) is 35.4 Å². The van der Waals surface area contributed by atoms with E-state index in [2.05, 4.69) is 4.98 Å². The summed E-state index contributed by atoms with van der Waals surface area (Å²) in [5.41, 5.74) is -0.396. The predicted molar refractivity (Wildman–Crippen MR) is 93.4 cm³/mol. The van der Waals surface area contributed by atoms with Crippen LogP contribution in [0.3, 0.4) is 0 Å². The van der Waals surface area contributed by atoms with Crippen LogP contribution >= 0.6 is 0 Å². The molecule has 132 valence electrons. The zero-order valence-corrected chi connectivity index (χ0v) is 14.4. The lowest BCUT2D eigenvalue weighted by Crippen LogP contribution is -2.44. The van der Waals surface area contributed by atoms with E-state index in [1.807, 2.05) is 6.92 Å². The Balaban J connectivity index is 1.64. The summed E-state index contributed by atoms with van der Waals surface area (Å²) < 4.78 is 1.40. The van der Waals surface area contributed by atoms with Gasteiger partial charge >= 0.3 is 0 Å². The van der Waals surface area contributed by atoms with Crippen LogP contribution in [0, 0.1) is 11.8 Å². The molecule has 0 unspecified atom stereocenters. The lowest BCUT2D eigenvalue weighted by molar-refractivity contribution is -0.0609. The van der Waals surface area contributed by atoms with Crippen molar-refractivity contribution in [1.29, 1.82) is 0 Å². The molecule has 6 nitrogen and oxygen atoms in total. The fourth-order valence-electron chi connectivity index (χ4n) is 4.58. The first-order valence-corrected chi connectivity index (χ1v) is 9.01. The average molecular weight is 341 g/mol. The molecule has 0 spiro atoms. The topological polar surface area (TPSA) is 74.9 Å². The minimum absolute atomic E-state index is 0.0994. The highest BCUT2D eigenvalue weighted by atomic mass is 16.3. The number of fused-ring (bicyclic) bond motifs is 2. The van der Waals surface area contributed by atoms with Gasteiger partial charge in [-0.05, 0) is 37.3 Å². The van der Waals surface area contributed by atoms with Gasteiger partial charge in [-0.25, -0.2) is 4.98 Å². The van der Waals surface area contributed by atoms with Crippen LogP contribution in [0.1, 0.15) is 43.0 Å². The Morgan fingerprint density at radius 2 is 2.24 bits per heavy atom. The van der Waals surface area contributed by atoms with Crippen molar-refractivity contribution in [2.75, 3.05) is 13.1 Å². The molecule has 0 bridgehead atoms. The van der Waals surface area contributed by atoms with E-state index in [4.69, 9.17) is 0 Å². The Bertz CT molecular complexity index is 878. The van der Waals surface area contributed by atoms with E-state index in [1.165, 1.54) is 10.6 Å². The van der Waals surface area contributed by atoms with Crippen molar-refractivity contribution in [1.82, 2.24) is 14.3 Å². The van der Waals surface area contributed by atoms with Crippen molar-refractivity contribution < 1.29 is 9.90 Å². The number of hydrogen-bond acceptors (Lipinski definition) is 4. The summed E-state index contributed by atoms with van der Waals surface area (Å²) in [6.07, 6.45) is 6.54. The van der Waals surface area contributed by atoms with Gasteiger partial charge in [0.25, 0.3) is 11.5 Å². The highest BCUT2D eigenvalue weighted by molar-refractivity contribution is 5.94. The molecule has 1 saturated heterocycles. The number of amides is 1. The predicted octanol–water partition coefficient (Wildman–Crippen LogP) is 1.71. The largest absolute Gasteiger partial charge is 0.390 e. The van der Waals surface area contributed by atoms with Crippen LogP contribution in [-0.4, -0.2) is 44.0 Å². The van der Waals surface area contributed by atoms with Gasteiger partial charge in [0.05, 0.1) is 5.60 Å². The average Bonchev–Trinajstić information content (AvgIpc) is 3.08. The highest BCUT2D eigenvalue weighted by Crippen LogP contribution is 2.44. The second-order valence-corrected chi connectivity index (χ2v) is 7.33. The van der Waals surface area contributed by atoms with Gasteiger partial charge in [0.15, 0.2) is 0 Å². The van der Waals surface area contributed by atoms with Gasteiger partial charge in [-0.2, -0.15) is 0 Å². The minimum Gasteiger partial charge on any atom is -0.390 e. The van der Waals surface area contributed by atoms with Gasteiger partial charge < -0.3 is 10.0 Å². The van der Waals surface area contributed by atoms with Crippen LogP contribution in [0.5, 0.6) is 0 Å². The Hall–Kier alpha value is -2.21. The first-order chi connectivity index (χ1) is 12.0. The van der Waals surface area contributed by atoms with Gasteiger partial charge in [0, 0.05) is 31.4 Å². The van der Waals surface area contributed by atoms with E-state index >= 15 is 0 Å². The van der Waals surface area contributed by atoms with Gasteiger partial charge in [0.2, 0.25) is 0 Å². The van der Waals surface area contributed by atoms with E-state index in [0.717, 1.165) is 19.3 Å². The number of hydrogen-bond donors (Lipinski definition) is 1. The third kappa shape index (κ3) is 2.56. The van der Waals surface area contributed by atoms with Crippen molar-refractivity contribution >= 4 is 11.6 Å². The lowest BCUT2D eigenvalue weighted by atomic mass is 9.69. The van der Waals surface area contributed by atoms with Crippen LogP contribution < -0.4 is 5.56 Å². The van der Waals surface area contributed by atoms with Crippen LogP contribution in [0.25, 0.3) is 5.65 Å². The van der Waals surface area contributed by atoms with E-state index < -0.39 is 5.60 Å². The molecule has 1 N–H and O–H groups in total. The smallest absolute Gasteiger partial charge is 0.270 e. The Morgan fingerprint density at radius 1 is 1.40 bits per heavy atom. The molecule has 2 aliphatic rings. The lowest BCUT2D eigenvalue weighted by Gasteiger charge is -2.40. The monoisotopic (exact) mass is 341 g/mol. The first-order valence-electron chi connectivity index (χ1n) is 9.01. The maximum atomic E-state index is 12.9. The summed E-state index contributed by atoms with van der Waals surface area (Å²) in [6.45, 7) is 3.14.